The lowest BCUT2D eigenvalue weighted by Crippen LogP contribution is -2.08. The third kappa shape index (κ3) is 3.05. The highest BCUT2D eigenvalue weighted by molar-refractivity contribution is 6.01. The average molecular weight is 285 g/mol. The van der Waals surface area contributed by atoms with Gasteiger partial charge < -0.3 is 9.72 Å². The Balaban J connectivity index is 2.17. The van der Waals surface area contributed by atoms with E-state index in [2.05, 4.69) is 4.98 Å². The predicted molar refractivity (Wildman–Crippen MR) is 80.6 cm³/mol. The minimum Gasteiger partial charge on any atom is -0.456 e. The minimum absolute atomic E-state index is 0.0563. The molecule has 0 saturated carbocycles. The van der Waals surface area contributed by atoms with Crippen LogP contribution in [-0.2, 0) is 11.3 Å². The van der Waals surface area contributed by atoms with Crippen molar-refractivity contribution in [1.29, 1.82) is 0 Å². The van der Waals surface area contributed by atoms with Crippen LogP contribution in [0.4, 0.5) is 0 Å². The van der Waals surface area contributed by atoms with Crippen LogP contribution in [0.3, 0.4) is 0 Å². The van der Waals surface area contributed by atoms with Gasteiger partial charge in [0, 0.05) is 11.3 Å². The van der Waals surface area contributed by atoms with E-state index in [9.17, 15) is 9.59 Å². The van der Waals surface area contributed by atoms with Gasteiger partial charge in [0.1, 0.15) is 12.3 Å². The topological polar surface area (TPSA) is 59.2 Å². The Hall–Kier alpha value is -2.36. The fraction of sp³-hybridized carbons (Fsp3) is 0.294. The van der Waals surface area contributed by atoms with Crippen molar-refractivity contribution >= 4 is 11.8 Å². The van der Waals surface area contributed by atoms with Gasteiger partial charge in [0.2, 0.25) is 0 Å². The van der Waals surface area contributed by atoms with Gasteiger partial charge in [-0.05, 0) is 44.4 Å². The maximum absolute atomic E-state index is 12.2. The number of carbonyl (C=O) groups excluding carboxylic acids is 2. The third-order valence-corrected chi connectivity index (χ3v) is 3.61. The maximum Gasteiger partial charge on any atom is 0.355 e. The van der Waals surface area contributed by atoms with E-state index in [1.807, 2.05) is 31.2 Å². The number of aromatic amines is 1. The molecule has 1 aromatic carbocycles. The Morgan fingerprint density at radius 1 is 1.14 bits per heavy atom. The smallest absolute Gasteiger partial charge is 0.355 e. The normalized spacial score (nSPS) is 10.5. The number of hydrogen-bond acceptors (Lipinski definition) is 3. The molecule has 0 aliphatic heterocycles. The second kappa shape index (κ2) is 5.95. The average Bonchev–Trinajstić information content (AvgIpc) is 2.73. The molecule has 2 aromatic rings. The third-order valence-electron chi connectivity index (χ3n) is 3.61. The van der Waals surface area contributed by atoms with Crippen molar-refractivity contribution in [1.82, 2.24) is 4.98 Å². The lowest BCUT2D eigenvalue weighted by molar-refractivity contribution is 0.0465. The molecule has 21 heavy (non-hydrogen) atoms. The zero-order valence-electron chi connectivity index (χ0n) is 12.7. The summed E-state index contributed by atoms with van der Waals surface area (Å²) in [6, 6.07) is 7.75. The minimum atomic E-state index is -0.439. The second-order valence-corrected chi connectivity index (χ2v) is 5.18. The number of aromatic nitrogens is 1. The van der Waals surface area contributed by atoms with Crippen LogP contribution in [0, 0.1) is 20.8 Å². The van der Waals surface area contributed by atoms with Crippen LogP contribution < -0.4 is 0 Å². The highest BCUT2D eigenvalue weighted by Crippen LogP contribution is 2.20. The van der Waals surface area contributed by atoms with Crippen molar-refractivity contribution in [3.8, 4) is 0 Å². The molecule has 0 amide bonds. The standard InChI is InChI=1S/C17H19NO3/c1-10-7-5-6-8-14(10)9-21-17(20)16-11(2)15(13(4)19)12(3)18-16/h5-8,18H,9H2,1-4H3. The molecule has 0 spiro atoms. The van der Waals surface area contributed by atoms with Gasteiger partial charge in [-0.1, -0.05) is 24.3 Å². The maximum atomic E-state index is 12.2. The fourth-order valence-electron chi connectivity index (χ4n) is 2.47. The van der Waals surface area contributed by atoms with E-state index in [1.54, 1.807) is 13.8 Å². The van der Waals surface area contributed by atoms with E-state index in [0.29, 0.717) is 22.5 Å². The van der Waals surface area contributed by atoms with Crippen LogP contribution in [0.5, 0.6) is 0 Å². The summed E-state index contributed by atoms with van der Waals surface area (Å²) in [6.07, 6.45) is 0. The van der Waals surface area contributed by atoms with Crippen LogP contribution in [-0.4, -0.2) is 16.7 Å². The number of Topliss-reactive ketones (excluding diaryl/α,β-unsaturated/α-hetero) is 1. The monoisotopic (exact) mass is 285 g/mol. The molecular formula is C17H19NO3. The number of H-pyrrole nitrogens is 1. The number of ketones is 1. The molecule has 0 aliphatic rings. The van der Waals surface area contributed by atoms with Crippen LogP contribution >= 0.6 is 0 Å². The molecule has 2 rings (SSSR count). The first kappa shape index (κ1) is 15.0. The van der Waals surface area contributed by atoms with Crippen LogP contribution in [0.2, 0.25) is 0 Å². The van der Waals surface area contributed by atoms with Crippen LogP contribution in [0.25, 0.3) is 0 Å². The molecule has 0 saturated heterocycles. The largest absolute Gasteiger partial charge is 0.456 e. The summed E-state index contributed by atoms with van der Waals surface area (Å²) in [5, 5.41) is 0. The molecular weight excluding hydrogens is 266 g/mol. The van der Waals surface area contributed by atoms with Gasteiger partial charge in [0.05, 0.1) is 0 Å². The summed E-state index contributed by atoms with van der Waals surface area (Å²) in [5.41, 5.74) is 4.31. The number of esters is 1. The summed E-state index contributed by atoms with van der Waals surface area (Å²) in [6.45, 7) is 7.22. The summed E-state index contributed by atoms with van der Waals surface area (Å²) in [7, 11) is 0. The summed E-state index contributed by atoms with van der Waals surface area (Å²) < 4.78 is 5.34. The predicted octanol–water partition coefficient (Wildman–Crippen LogP) is 3.50. The Bertz CT molecular complexity index is 698. The lowest BCUT2D eigenvalue weighted by atomic mass is 10.1. The summed E-state index contributed by atoms with van der Waals surface area (Å²) >= 11 is 0. The number of benzene rings is 1. The quantitative estimate of drug-likeness (QED) is 0.691. The summed E-state index contributed by atoms with van der Waals surface area (Å²) in [4.78, 5) is 26.7. The van der Waals surface area contributed by atoms with Crippen molar-refractivity contribution in [3.63, 3.8) is 0 Å². The Morgan fingerprint density at radius 2 is 1.81 bits per heavy atom. The van der Waals surface area contributed by atoms with E-state index in [0.717, 1.165) is 11.1 Å². The van der Waals surface area contributed by atoms with Gasteiger partial charge >= 0.3 is 5.97 Å². The van der Waals surface area contributed by atoms with E-state index in [1.165, 1.54) is 6.92 Å². The van der Waals surface area contributed by atoms with Gasteiger partial charge in [-0.15, -0.1) is 0 Å². The van der Waals surface area contributed by atoms with Crippen molar-refractivity contribution in [3.05, 3.63) is 57.9 Å². The molecule has 0 atom stereocenters. The first-order chi connectivity index (χ1) is 9.91. The van der Waals surface area contributed by atoms with E-state index < -0.39 is 5.97 Å². The van der Waals surface area contributed by atoms with Crippen molar-refractivity contribution in [2.75, 3.05) is 0 Å². The van der Waals surface area contributed by atoms with Crippen molar-refractivity contribution < 1.29 is 14.3 Å². The lowest BCUT2D eigenvalue weighted by Gasteiger charge is -2.07. The number of rotatable bonds is 4. The molecule has 0 unspecified atom stereocenters. The molecule has 1 N–H and O–H groups in total. The SMILES string of the molecule is CC(=O)c1c(C)[nH]c(C(=O)OCc2ccccc2C)c1C. The first-order valence-corrected chi connectivity index (χ1v) is 6.83. The molecule has 110 valence electrons. The van der Waals surface area contributed by atoms with Crippen molar-refractivity contribution in [2.45, 2.75) is 34.3 Å². The summed E-state index contributed by atoms with van der Waals surface area (Å²) in [5.74, 6) is -0.495. The highest BCUT2D eigenvalue weighted by Gasteiger charge is 2.20. The molecule has 0 bridgehead atoms. The zero-order chi connectivity index (χ0) is 15.6. The zero-order valence-corrected chi connectivity index (χ0v) is 12.7. The second-order valence-electron chi connectivity index (χ2n) is 5.18. The van der Waals surface area contributed by atoms with Gasteiger partial charge in [-0.25, -0.2) is 4.79 Å². The molecule has 4 heteroatoms. The number of ether oxygens (including phenoxy) is 1. The fourth-order valence-corrected chi connectivity index (χ4v) is 2.47. The van der Waals surface area contributed by atoms with E-state index in [-0.39, 0.29) is 12.4 Å². The molecule has 0 radical (unpaired) electrons. The highest BCUT2D eigenvalue weighted by atomic mass is 16.5. The van der Waals surface area contributed by atoms with Gasteiger partial charge in [-0.3, -0.25) is 4.79 Å². The molecule has 0 fully saturated rings. The van der Waals surface area contributed by atoms with E-state index in [4.69, 9.17) is 4.74 Å². The Labute approximate surface area is 124 Å². The first-order valence-electron chi connectivity index (χ1n) is 6.83. The number of hydrogen-bond donors (Lipinski definition) is 1. The number of nitrogens with one attached hydrogen (secondary N) is 1. The van der Waals surface area contributed by atoms with Gasteiger partial charge in [0.25, 0.3) is 0 Å². The van der Waals surface area contributed by atoms with Crippen LogP contribution in [0.15, 0.2) is 24.3 Å². The molecule has 0 aliphatic carbocycles. The van der Waals surface area contributed by atoms with E-state index >= 15 is 0 Å². The van der Waals surface area contributed by atoms with Gasteiger partial charge in [-0.2, -0.15) is 0 Å². The molecule has 1 heterocycles. The van der Waals surface area contributed by atoms with Gasteiger partial charge in [0.15, 0.2) is 5.78 Å². The Morgan fingerprint density at radius 3 is 2.38 bits per heavy atom. The molecule has 4 nitrogen and oxygen atoms in total. The Kier molecular flexibility index (Phi) is 4.26. The van der Waals surface area contributed by atoms with Crippen molar-refractivity contribution in [2.24, 2.45) is 0 Å². The number of carbonyl (C=O) groups is 2. The van der Waals surface area contributed by atoms with Crippen LogP contribution in [0.1, 0.15) is 50.2 Å². The molecule has 1 aromatic heterocycles. The number of aryl methyl sites for hydroxylation is 2.